The predicted molar refractivity (Wildman–Crippen MR) is 60.2 cm³/mol. The lowest BCUT2D eigenvalue weighted by Gasteiger charge is -2.13. The van der Waals surface area contributed by atoms with E-state index in [4.69, 9.17) is 9.84 Å². The molecule has 0 bridgehead atoms. The number of carbonyl (C=O) groups excluding carboxylic acids is 1. The molecular formula is C11H19NO4. The molecule has 5 nitrogen and oxygen atoms in total. The molecule has 1 atom stereocenters. The van der Waals surface area contributed by atoms with Crippen LogP contribution in [0, 0.1) is 0 Å². The molecule has 1 amide bonds. The van der Waals surface area contributed by atoms with Crippen LogP contribution in [0.25, 0.3) is 0 Å². The average Bonchev–Trinajstić information content (AvgIpc) is 2.24. The molecule has 0 spiro atoms. The summed E-state index contributed by atoms with van der Waals surface area (Å²) >= 11 is 0. The highest BCUT2D eigenvalue weighted by molar-refractivity contribution is 5.79. The van der Waals surface area contributed by atoms with Crippen LogP contribution in [-0.4, -0.2) is 29.8 Å². The van der Waals surface area contributed by atoms with Crippen molar-refractivity contribution in [3.63, 3.8) is 0 Å². The van der Waals surface area contributed by atoms with Gasteiger partial charge in [-0.3, -0.25) is 0 Å². The first-order valence-electron chi connectivity index (χ1n) is 5.38. The second-order valence-electron chi connectivity index (χ2n) is 3.39. The Balaban J connectivity index is 3.93. The van der Waals surface area contributed by atoms with E-state index in [2.05, 4.69) is 11.9 Å². The minimum Gasteiger partial charge on any atom is -0.480 e. The molecule has 0 fully saturated rings. The van der Waals surface area contributed by atoms with E-state index in [1.165, 1.54) is 0 Å². The summed E-state index contributed by atoms with van der Waals surface area (Å²) in [6.07, 6.45) is 3.49. The third-order valence-corrected chi connectivity index (χ3v) is 1.98. The molecule has 0 heterocycles. The van der Waals surface area contributed by atoms with Crippen LogP contribution in [-0.2, 0) is 9.53 Å². The molecule has 5 heteroatoms. The van der Waals surface area contributed by atoms with Gasteiger partial charge in [0.25, 0.3) is 0 Å². The summed E-state index contributed by atoms with van der Waals surface area (Å²) in [5.74, 6) is -1.06. The highest BCUT2D eigenvalue weighted by Gasteiger charge is 2.19. The number of carboxylic acid groups (broad SMARTS) is 1. The molecule has 92 valence electrons. The van der Waals surface area contributed by atoms with E-state index in [-0.39, 0.29) is 0 Å². The van der Waals surface area contributed by atoms with Gasteiger partial charge in [0.05, 0.1) is 6.61 Å². The lowest BCUT2D eigenvalue weighted by atomic mass is 10.1. The minimum absolute atomic E-state index is 0.316. The Kier molecular flexibility index (Phi) is 7.93. The Morgan fingerprint density at radius 3 is 2.75 bits per heavy atom. The number of nitrogens with one attached hydrogen (secondary N) is 1. The third-order valence-electron chi connectivity index (χ3n) is 1.98. The van der Waals surface area contributed by atoms with Gasteiger partial charge in [0, 0.05) is 0 Å². The summed E-state index contributed by atoms with van der Waals surface area (Å²) in [4.78, 5) is 21.9. The van der Waals surface area contributed by atoms with Crippen molar-refractivity contribution in [3.8, 4) is 0 Å². The molecule has 0 saturated heterocycles. The first-order valence-corrected chi connectivity index (χ1v) is 5.38. The van der Waals surface area contributed by atoms with Crippen LogP contribution in [0.15, 0.2) is 12.7 Å². The van der Waals surface area contributed by atoms with Gasteiger partial charge < -0.3 is 15.2 Å². The molecule has 0 aliphatic rings. The van der Waals surface area contributed by atoms with Gasteiger partial charge in [-0.15, -0.1) is 6.58 Å². The number of allylic oxidation sites excluding steroid dienone is 1. The van der Waals surface area contributed by atoms with Gasteiger partial charge in [-0.2, -0.15) is 0 Å². The summed E-state index contributed by atoms with van der Waals surface area (Å²) in [7, 11) is 0. The molecule has 0 aromatic rings. The van der Waals surface area contributed by atoms with Crippen LogP contribution >= 0.6 is 0 Å². The number of ether oxygens (including phenoxy) is 1. The van der Waals surface area contributed by atoms with Crippen molar-refractivity contribution in [2.75, 3.05) is 6.61 Å². The molecule has 2 N–H and O–H groups in total. The number of carboxylic acids is 1. The summed E-state index contributed by atoms with van der Waals surface area (Å²) in [6, 6.07) is -0.910. The van der Waals surface area contributed by atoms with Crippen molar-refractivity contribution in [1.82, 2.24) is 5.32 Å². The minimum atomic E-state index is -1.06. The van der Waals surface area contributed by atoms with Crippen molar-refractivity contribution < 1.29 is 19.4 Å². The summed E-state index contributed by atoms with van der Waals surface area (Å²) < 4.78 is 4.80. The van der Waals surface area contributed by atoms with E-state index in [0.29, 0.717) is 19.4 Å². The highest BCUT2D eigenvalue weighted by atomic mass is 16.5. The maximum Gasteiger partial charge on any atom is 0.407 e. The predicted octanol–water partition coefficient (Wildman–Crippen LogP) is 1.93. The molecule has 0 aliphatic carbocycles. The molecule has 0 aromatic heterocycles. The fourth-order valence-electron chi connectivity index (χ4n) is 1.04. The number of amides is 1. The van der Waals surface area contributed by atoms with Gasteiger partial charge in [-0.25, -0.2) is 9.59 Å². The molecule has 0 aliphatic heterocycles. The van der Waals surface area contributed by atoms with Crippen LogP contribution in [0.5, 0.6) is 0 Å². The van der Waals surface area contributed by atoms with Gasteiger partial charge in [-0.1, -0.05) is 19.4 Å². The number of carbonyl (C=O) groups is 2. The third kappa shape index (κ3) is 6.86. The maximum absolute atomic E-state index is 11.2. The SMILES string of the molecule is C=CCCC(NC(=O)OCCCC)C(=O)O. The molecule has 0 radical (unpaired) electrons. The van der Waals surface area contributed by atoms with Crippen LogP contribution in [0.2, 0.25) is 0 Å². The van der Waals surface area contributed by atoms with E-state index >= 15 is 0 Å². The van der Waals surface area contributed by atoms with Crippen LogP contribution in [0.1, 0.15) is 32.6 Å². The quantitative estimate of drug-likeness (QED) is 0.492. The van der Waals surface area contributed by atoms with E-state index in [1.54, 1.807) is 6.08 Å². The molecule has 16 heavy (non-hydrogen) atoms. The number of alkyl carbamates (subject to hydrolysis) is 1. The second kappa shape index (κ2) is 8.76. The van der Waals surface area contributed by atoms with Crippen LogP contribution < -0.4 is 5.32 Å². The molecule has 1 unspecified atom stereocenters. The van der Waals surface area contributed by atoms with Crippen LogP contribution in [0.3, 0.4) is 0 Å². The first-order chi connectivity index (χ1) is 7.61. The number of hydrogen-bond acceptors (Lipinski definition) is 3. The summed E-state index contributed by atoms with van der Waals surface area (Å²) in [6.45, 7) is 5.79. The largest absolute Gasteiger partial charge is 0.480 e. The van der Waals surface area contributed by atoms with Gasteiger partial charge in [-0.05, 0) is 19.3 Å². The monoisotopic (exact) mass is 229 g/mol. The number of hydrogen-bond donors (Lipinski definition) is 2. The molecule has 0 aromatic carbocycles. The van der Waals surface area contributed by atoms with Crippen molar-refractivity contribution in [2.24, 2.45) is 0 Å². The van der Waals surface area contributed by atoms with Crippen LogP contribution in [0.4, 0.5) is 4.79 Å². The van der Waals surface area contributed by atoms with Crippen molar-refractivity contribution >= 4 is 12.1 Å². The number of aliphatic carboxylic acids is 1. The fourth-order valence-corrected chi connectivity index (χ4v) is 1.04. The Hall–Kier alpha value is -1.52. The average molecular weight is 229 g/mol. The van der Waals surface area contributed by atoms with Crippen molar-refractivity contribution in [1.29, 1.82) is 0 Å². The maximum atomic E-state index is 11.2. The summed E-state index contributed by atoms with van der Waals surface area (Å²) in [5.41, 5.74) is 0. The Labute approximate surface area is 95.5 Å². The smallest absolute Gasteiger partial charge is 0.407 e. The lowest BCUT2D eigenvalue weighted by Crippen LogP contribution is -2.41. The van der Waals surface area contributed by atoms with Crippen molar-refractivity contribution in [2.45, 2.75) is 38.6 Å². The zero-order chi connectivity index (χ0) is 12.4. The zero-order valence-corrected chi connectivity index (χ0v) is 9.57. The van der Waals surface area contributed by atoms with Gasteiger partial charge in [0.2, 0.25) is 0 Å². The molecular weight excluding hydrogens is 210 g/mol. The fraction of sp³-hybridized carbons (Fsp3) is 0.636. The first kappa shape index (κ1) is 14.5. The van der Waals surface area contributed by atoms with Gasteiger partial charge in [0.1, 0.15) is 6.04 Å². The Morgan fingerprint density at radius 2 is 2.25 bits per heavy atom. The number of rotatable bonds is 8. The van der Waals surface area contributed by atoms with Gasteiger partial charge >= 0.3 is 12.1 Å². The van der Waals surface area contributed by atoms with E-state index in [9.17, 15) is 9.59 Å². The van der Waals surface area contributed by atoms with E-state index in [0.717, 1.165) is 12.8 Å². The Morgan fingerprint density at radius 1 is 1.56 bits per heavy atom. The topological polar surface area (TPSA) is 75.6 Å². The van der Waals surface area contributed by atoms with Crippen molar-refractivity contribution in [3.05, 3.63) is 12.7 Å². The van der Waals surface area contributed by atoms with E-state index in [1.807, 2.05) is 6.92 Å². The highest BCUT2D eigenvalue weighted by Crippen LogP contribution is 1.99. The summed E-state index contributed by atoms with van der Waals surface area (Å²) in [5, 5.41) is 11.1. The second-order valence-corrected chi connectivity index (χ2v) is 3.39. The molecule has 0 rings (SSSR count). The standard InChI is InChI=1S/C11H19NO4/c1-3-5-7-9(10(13)14)12-11(15)16-8-6-4-2/h3,9H,1,4-8H2,2H3,(H,12,15)(H,13,14). The lowest BCUT2D eigenvalue weighted by molar-refractivity contribution is -0.139. The normalized spacial score (nSPS) is 11.6. The van der Waals surface area contributed by atoms with E-state index < -0.39 is 18.1 Å². The zero-order valence-electron chi connectivity index (χ0n) is 9.57. The molecule has 0 saturated carbocycles. The number of unbranched alkanes of at least 4 members (excludes halogenated alkanes) is 1. The van der Waals surface area contributed by atoms with Gasteiger partial charge in [0.15, 0.2) is 0 Å². The Bertz CT molecular complexity index is 240.